The standard InChI is InChI=1S/C18H30B2O4/c1-15(2,21)17(5,6)23-19-13-10-9-11-14(12-13)20-24-18(7,8)16(3,4)22/h9-12,21-22H,1-8H3. The van der Waals surface area contributed by atoms with Gasteiger partial charge in [-0.2, -0.15) is 0 Å². The molecule has 0 aliphatic rings. The van der Waals surface area contributed by atoms with Gasteiger partial charge in [-0.3, -0.25) is 0 Å². The molecule has 0 fully saturated rings. The molecule has 0 aromatic heterocycles. The largest absolute Gasteiger partial charge is 0.427 e. The first kappa shape index (κ1) is 21.2. The van der Waals surface area contributed by atoms with Crippen molar-refractivity contribution in [2.75, 3.05) is 0 Å². The highest BCUT2D eigenvalue weighted by molar-refractivity contribution is 6.51. The molecule has 2 radical (unpaired) electrons. The highest BCUT2D eigenvalue weighted by Crippen LogP contribution is 2.25. The maximum absolute atomic E-state index is 10.1. The van der Waals surface area contributed by atoms with Crippen LogP contribution in [0.4, 0.5) is 0 Å². The van der Waals surface area contributed by atoms with Gasteiger partial charge in [0.2, 0.25) is 0 Å². The normalized spacial score (nSPS) is 13.8. The van der Waals surface area contributed by atoms with Gasteiger partial charge in [-0.15, -0.1) is 0 Å². The van der Waals surface area contributed by atoms with Crippen molar-refractivity contribution in [3.05, 3.63) is 24.3 Å². The van der Waals surface area contributed by atoms with Crippen molar-refractivity contribution in [1.82, 2.24) is 0 Å². The lowest BCUT2D eigenvalue weighted by Gasteiger charge is -2.38. The molecule has 0 saturated heterocycles. The van der Waals surface area contributed by atoms with Gasteiger partial charge in [0.15, 0.2) is 0 Å². The smallest absolute Gasteiger partial charge is 0.330 e. The maximum atomic E-state index is 10.1. The van der Waals surface area contributed by atoms with Crippen molar-refractivity contribution < 1.29 is 19.5 Å². The summed E-state index contributed by atoms with van der Waals surface area (Å²) in [5.41, 5.74) is -1.63. The molecule has 0 atom stereocenters. The lowest BCUT2D eigenvalue weighted by atomic mass is 9.77. The van der Waals surface area contributed by atoms with E-state index in [-0.39, 0.29) is 0 Å². The van der Waals surface area contributed by atoms with E-state index in [1.807, 2.05) is 52.0 Å². The topological polar surface area (TPSA) is 58.9 Å². The molecule has 4 nitrogen and oxygen atoms in total. The highest BCUT2D eigenvalue weighted by atomic mass is 16.5. The molecule has 132 valence electrons. The summed E-state index contributed by atoms with van der Waals surface area (Å²) in [6, 6.07) is 7.65. The van der Waals surface area contributed by atoms with Gasteiger partial charge in [0.1, 0.15) is 0 Å². The third-order valence-corrected chi connectivity index (χ3v) is 4.84. The molecule has 0 unspecified atom stereocenters. The van der Waals surface area contributed by atoms with Crippen LogP contribution >= 0.6 is 0 Å². The Bertz CT molecular complexity index is 497. The van der Waals surface area contributed by atoms with E-state index in [2.05, 4.69) is 0 Å². The zero-order valence-electron chi connectivity index (χ0n) is 16.2. The van der Waals surface area contributed by atoms with E-state index in [4.69, 9.17) is 9.31 Å². The summed E-state index contributed by atoms with van der Waals surface area (Å²) >= 11 is 0. The molecule has 0 heterocycles. The summed E-state index contributed by atoms with van der Waals surface area (Å²) in [6.07, 6.45) is 0. The SMILES string of the molecule is CC(C)(O)C(C)(C)O[B]c1cccc([B]OC(C)(C)C(C)(C)O)c1. The molecule has 24 heavy (non-hydrogen) atoms. The van der Waals surface area contributed by atoms with Crippen LogP contribution in [0.5, 0.6) is 0 Å². The van der Waals surface area contributed by atoms with E-state index in [0.717, 1.165) is 10.9 Å². The number of aliphatic hydroxyl groups is 2. The number of rotatable bonds is 8. The quantitative estimate of drug-likeness (QED) is 0.705. The van der Waals surface area contributed by atoms with Crippen molar-refractivity contribution >= 4 is 25.9 Å². The first-order chi connectivity index (χ1) is 10.7. The minimum Gasteiger partial charge on any atom is -0.427 e. The van der Waals surface area contributed by atoms with Crippen LogP contribution in [0.3, 0.4) is 0 Å². The van der Waals surface area contributed by atoms with Crippen molar-refractivity contribution in [3.63, 3.8) is 0 Å². The number of hydrogen-bond donors (Lipinski definition) is 2. The Morgan fingerprint density at radius 1 is 0.708 bits per heavy atom. The average molecular weight is 332 g/mol. The minimum atomic E-state index is -0.965. The molecule has 0 spiro atoms. The molecule has 0 amide bonds. The Morgan fingerprint density at radius 3 is 1.33 bits per heavy atom. The monoisotopic (exact) mass is 332 g/mol. The van der Waals surface area contributed by atoms with Crippen molar-refractivity contribution in [1.29, 1.82) is 0 Å². The van der Waals surface area contributed by atoms with E-state index < -0.39 is 22.4 Å². The second-order valence-electron chi connectivity index (χ2n) is 8.28. The summed E-state index contributed by atoms with van der Waals surface area (Å²) in [6.45, 7) is 14.2. The highest BCUT2D eigenvalue weighted by Gasteiger charge is 2.36. The number of hydrogen-bond acceptors (Lipinski definition) is 4. The maximum Gasteiger partial charge on any atom is 0.330 e. The summed E-state index contributed by atoms with van der Waals surface area (Å²) in [5, 5.41) is 20.3. The van der Waals surface area contributed by atoms with E-state index in [0.29, 0.717) is 0 Å². The second-order valence-corrected chi connectivity index (χ2v) is 8.28. The van der Waals surface area contributed by atoms with Crippen LogP contribution in [-0.4, -0.2) is 47.6 Å². The lowest BCUT2D eigenvalue weighted by molar-refractivity contribution is -0.0894. The summed E-state index contributed by atoms with van der Waals surface area (Å²) in [4.78, 5) is 0. The Kier molecular flexibility index (Phi) is 6.37. The Morgan fingerprint density at radius 2 is 1.04 bits per heavy atom. The minimum absolute atomic E-state index is 0.716. The van der Waals surface area contributed by atoms with Crippen molar-refractivity contribution in [2.24, 2.45) is 0 Å². The summed E-state index contributed by atoms with van der Waals surface area (Å²) in [5.74, 6) is 0. The fraction of sp³-hybridized carbons (Fsp3) is 0.667. The predicted molar refractivity (Wildman–Crippen MR) is 100 cm³/mol. The zero-order chi connectivity index (χ0) is 18.8. The van der Waals surface area contributed by atoms with E-state index in [9.17, 15) is 10.2 Å². The van der Waals surface area contributed by atoms with Crippen LogP contribution in [0, 0.1) is 0 Å². The van der Waals surface area contributed by atoms with E-state index in [1.165, 1.54) is 0 Å². The van der Waals surface area contributed by atoms with E-state index >= 15 is 0 Å². The molecule has 0 saturated carbocycles. The molecule has 1 aromatic carbocycles. The molecular formula is C18H30B2O4. The van der Waals surface area contributed by atoms with Gasteiger partial charge in [-0.05, 0) is 55.4 Å². The van der Waals surface area contributed by atoms with Crippen molar-refractivity contribution in [2.45, 2.75) is 77.8 Å². The van der Waals surface area contributed by atoms with Gasteiger partial charge in [0.05, 0.1) is 22.4 Å². The average Bonchev–Trinajstić information content (AvgIpc) is 2.41. The van der Waals surface area contributed by atoms with Crippen LogP contribution in [0.1, 0.15) is 55.4 Å². The molecule has 6 heteroatoms. The molecule has 1 rings (SSSR count). The summed E-state index contributed by atoms with van der Waals surface area (Å²) in [7, 11) is 3.27. The fourth-order valence-corrected chi connectivity index (χ4v) is 1.42. The van der Waals surface area contributed by atoms with Gasteiger partial charge in [0.25, 0.3) is 0 Å². The molecule has 0 bridgehead atoms. The van der Waals surface area contributed by atoms with Crippen molar-refractivity contribution in [3.8, 4) is 0 Å². The van der Waals surface area contributed by atoms with E-state index in [1.54, 1.807) is 42.7 Å². The number of benzene rings is 1. The molecule has 0 aliphatic heterocycles. The second kappa shape index (κ2) is 7.20. The molecule has 1 aromatic rings. The molecular weight excluding hydrogens is 302 g/mol. The zero-order valence-corrected chi connectivity index (χ0v) is 16.2. The Hall–Kier alpha value is -0.810. The van der Waals surface area contributed by atoms with Crippen LogP contribution < -0.4 is 10.9 Å². The fourth-order valence-electron chi connectivity index (χ4n) is 1.42. The van der Waals surface area contributed by atoms with Crippen LogP contribution in [0.2, 0.25) is 0 Å². The van der Waals surface area contributed by atoms with Crippen LogP contribution in [0.15, 0.2) is 24.3 Å². The van der Waals surface area contributed by atoms with Gasteiger partial charge >= 0.3 is 15.0 Å². The molecule has 0 aliphatic carbocycles. The van der Waals surface area contributed by atoms with Gasteiger partial charge < -0.3 is 19.5 Å². The Balaban J connectivity index is 2.72. The lowest BCUT2D eigenvalue weighted by Crippen LogP contribution is -2.50. The molecule has 2 N–H and O–H groups in total. The summed E-state index contributed by atoms with van der Waals surface area (Å²) < 4.78 is 11.5. The van der Waals surface area contributed by atoms with Gasteiger partial charge in [0, 0.05) is 0 Å². The Labute approximate surface area is 148 Å². The third kappa shape index (κ3) is 5.62. The predicted octanol–water partition coefficient (Wildman–Crippen LogP) is 1.31. The first-order valence-corrected chi connectivity index (χ1v) is 8.23. The van der Waals surface area contributed by atoms with Crippen LogP contribution in [-0.2, 0) is 9.31 Å². The van der Waals surface area contributed by atoms with Gasteiger partial charge in [-0.25, -0.2) is 0 Å². The first-order valence-electron chi connectivity index (χ1n) is 8.23. The van der Waals surface area contributed by atoms with Crippen LogP contribution in [0.25, 0.3) is 0 Å². The van der Waals surface area contributed by atoms with Gasteiger partial charge in [-0.1, -0.05) is 35.2 Å². The third-order valence-electron chi connectivity index (χ3n) is 4.84.